The molecule has 25 heavy (non-hydrogen) atoms. The molecule has 0 bridgehead atoms. The Hall–Kier alpha value is -2.71. The first-order valence-electron chi connectivity index (χ1n) is 7.51. The highest BCUT2D eigenvalue weighted by Crippen LogP contribution is 2.19. The van der Waals surface area contributed by atoms with Gasteiger partial charge in [0.1, 0.15) is 6.54 Å². The van der Waals surface area contributed by atoms with Crippen molar-refractivity contribution in [1.82, 2.24) is 19.7 Å². The number of aromatic nitrogens is 4. The second-order valence-electron chi connectivity index (χ2n) is 5.57. The summed E-state index contributed by atoms with van der Waals surface area (Å²) < 4.78 is 6.39. The topological polar surface area (TPSA) is 120 Å². The Morgan fingerprint density at radius 1 is 1.36 bits per heavy atom. The van der Waals surface area contributed by atoms with E-state index in [4.69, 9.17) is 21.9 Å². The molecule has 9 heteroatoms. The summed E-state index contributed by atoms with van der Waals surface area (Å²) in [5, 5.41) is 14.7. The van der Waals surface area contributed by atoms with Crippen LogP contribution in [0.25, 0.3) is 0 Å². The predicted molar refractivity (Wildman–Crippen MR) is 91.2 cm³/mol. The number of nitrogens with zero attached hydrogens (tertiary/aromatic N) is 4. The molecule has 0 unspecified atom stereocenters. The third-order valence-corrected chi connectivity index (χ3v) is 3.94. The van der Waals surface area contributed by atoms with Gasteiger partial charge in [-0.1, -0.05) is 28.9 Å². The third-order valence-electron chi connectivity index (χ3n) is 3.68. The quantitative estimate of drug-likeness (QED) is 0.706. The van der Waals surface area contributed by atoms with Gasteiger partial charge in [0.2, 0.25) is 11.8 Å². The molecule has 3 N–H and O–H groups in total. The molecule has 8 nitrogen and oxygen atoms in total. The standard InChI is InChI=1S/C16H16ClN5O3/c1-9-7-19-16(18)22(15(9)24)8-14-20-13(21-25-14)6-12(23)10-2-4-11(17)5-3-10/h2-5,7,12,23H,6,8H2,1H3,(H2,18,19)/t12-/m0/s1. The highest BCUT2D eigenvalue weighted by Gasteiger charge is 2.15. The largest absolute Gasteiger partial charge is 0.388 e. The molecule has 0 radical (unpaired) electrons. The van der Waals surface area contributed by atoms with Gasteiger partial charge in [-0.05, 0) is 24.6 Å². The highest BCUT2D eigenvalue weighted by molar-refractivity contribution is 6.30. The second-order valence-corrected chi connectivity index (χ2v) is 6.00. The molecule has 1 aromatic carbocycles. The zero-order valence-corrected chi connectivity index (χ0v) is 14.1. The summed E-state index contributed by atoms with van der Waals surface area (Å²) in [7, 11) is 0. The van der Waals surface area contributed by atoms with E-state index in [1.54, 1.807) is 31.2 Å². The average molecular weight is 362 g/mol. The molecular formula is C16H16ClN5O3. The van der Waals surface area contributed by atoms with Crippen LogP contribution in [0.5, 0.6) is 0 Å². The molecule has 3 rings (SSSR count). The van der Waals surface area contributed by atoms with Crippen molar-refractivity contribution in [3.63, 3.8) is 0 Å². The van der Waals surface area contributed by atoms with Gasteiger partial charge in [0.15, 0.2) is 5.82 Å². The molecular weight excluding hydrogens is 346 g/mol. The number of halogens is 1. The van der Waals surface area contributed by atoms with Crippen molar-refractivity contribution in [3.05, 3.63) is 68.7 Å². The van der Waals surface area contributed by atoms with Gasteiger partial charge < -0.3 is 15.4 Å². The second kappa shape index (κ2) is 7.04. The van der Waals surface area contributed by atoms with Crippen LogP contribution in [-0.4, -0.2) is 24.8 Å². The minimum atomic E-state index is -0.795. The molecule has 3 aromatic rings. The minimum absolute atomic E-state index is 0.0172. The summed E-state index contributed by atoms with van der Waals surface area (Å²) in [5.41, 5.74) is 6.61. The van der Waals surface area contributed by atoms with Gasteiger partial charge in [-0.15, -0.1) is 0 Å². The lowest BCUT2D eigenvalue weighted by atomic mass is 10.1. The molecule has 0 aliphatic carbocycles. The number of aryl methyl sites for hydroxylation is 1. The Labute approximate surface area is 147 Å². The maximum absolute atomic E-state index is 12.1. The monoisotopic (exact) mass is 361 g/mol. The van der Waals surface area contributed by atoms with Gasteiger partial charge in [-0.25, -0.2) is 4.98 Å². The summed E-state index contributed by atoms with van der Waals surface area (Å²) in [6.45, 7) is 1.66. The first-order valence-corrected chi connectivity index (χ1v) is 7.88. The predicted octanol–water partition coefficient (Wildman–Crippen LogP) is 1.49. The lowest BCUT2D eigenvalue weighted by Crippen LogP contribution is -2.26. The number of aliphatic hydroxyl groups excluding tert-OH is 1. The van der Waals surface area contributed by atoms with E-state index in [1.165, 1.54) is 10.8 Å². The van der Waals surface area contributed by atoms with Crippen molar-refractivity contribution in [2.75, 3.05) is 5.73 Å². The van der Waals surface area contributed by atoms with Crippen molar-refractivity contribution in [3.8, 4) is 0 Å². The summed E-state index contributed by atoms with van der Waals surface area (Å²) in [4.78, 5) is 20.2. The first kappa shape index (κ1) is 17.1. The zero-order chi connectivity index (χ0) is 18.0. The average Bonchev–Trinajstić information content (AvgIpc) is 3.03. The number of hydrogen-bond acceptors (Lipinski definition) is 7. The van der Waals surface area contributed by atoms with E-state index in [0.717, 1.165) is 0 Å². The molecule has 1 atom stereocenters. The Morgan fingerprint density at radius 3 is 2.80 bits per heavy atom. The number of benzene rings is 1. The molecule has 0 saturated heterocycles. The molecule has 2 heterocycles. The molecule has 0 fully saturated rings. The van der Waals surface area contributed by atoms with Gasteiger partial charge in [-0.2, -0.15) is 4.98 Å². The van der Waals surface area contributed by atoms with Gasteiger partial charge in [-0.3, -0.25) is 9.36 Å². The summed E-state index contributed by atoms with van der Waals surface area (Å²) >= 11 is 5.83. The van der Waals surface area contributed by atoms with Crippen LogP contribution in [0, 0.1) is 6.92 Å². The Kier molecular flexibility index (Phi) is 4.82. The Bertz CT molecular complexity index is 936. The maximum Gasteiger partial charge on any atom is 0.258 e. The summed E-state index contributed by atoms with van der Waals surface area (Å²) in [6, 6.07) is 6.85. The van der Waals surface area contributed by atoms with Crippen LogP contribution in [0.15, 0.2) is 39.8 Å². The van der Waals surface area contributed by atoms with Gasteiger partial charge in [0, 0.05) is 23.2 Å². The van der Waals surface area contributed by atoms with Crippen LogP contribution in [0.4, 0.5) is 5.95 Å². The van der Waals surface area contributed by atoms with Gasteiger partial charge in [0.05, 0.1) is 6.10 Å². The summed E-state index contributed by atoms with van der Waals surface area (Å²) in [6.07, 6.45) is 0.786. The molecule has 130 valence electrons. The van der Waals surface area contributed by atoms with Crippen LogP contribution in [-0.2, 0) is 13.0 Å². The number of anilines is 1. The summed E-state index contributed by atoms with van der Waals surface area (Å²) in [5.74, 6) is 0.598. The fraction of sp³-hybridized carbons (Fsp3) is 0.250. The van der Waals surface area contributed by atoms with Crippen molar-refractivity contribution in [2.24, 2.45) is 0 Å². The molecule has 0 aliphatic rings. The van der Waals surface area contributed by atoms with Gasteiger partial charge >= 0.3 is 0 Å². The van der Waals surface area contributed by atoms with E-state index in [1.807, 2.05) is 0 Å². The van der Waals surface area contributed by atoms with Crippen LogP contribution in [0.1, 0.15) is 28.9 Å². The lowest BCUT2D eigenvalue weighted by molar-refractivity contribution is 0.174. The van der Waals surface area contributed by atoms with Crippen molar-refractivity contribution in [2.45, 2.75) is 26.0 Å². The third kappa shape index (κ3) is 3.86. The first-order chi connectivity index (χ1) is 11.9. The zero-order valence-electron chi connectivity index (χ0n) is 13.4. The van der Waals surface area contributed by atoms with Crippen molar-refractivity contribution in [1.29, 1.82) is 0 Å². The van der Waals surface area contributed by atoms with E-state index >= 15 is 0 Å². The lowest BCUT2D eigenvalue weighted by Gasteiger charge is -2.08. The maximum atomic E-state index is 12.1. The van der Waals surface area contributed by atoms with Gasteiger partial charge in [0.25, 0.3) is 5.56 Å². The normalized spacial score (nSPS) is 12.3. The smallest absolute Gasteiger partial charge is 0.258 e. The number of hydrogen-bond donors (Lipinski definition) is 2. The molecule has 0 spiro atoms. The van der Waals surface area contributed by atoms with E-state index in [2.05, 4.69) is 15.1 Å². The Morgan fingerprint density at radius 2 is 2.08 bits per heavy atom. The minimum Gasteiger partial charge on any atom is -0.388 e. The van der Waals surface area contributed by atoms with E-state index in [0.29, 0.717) is 22.0 Å². The van der Waals surface area contributed by atoms with E-state index in [9.17, 15) is 9.90 Å². The molecule has 0 saturated carbocycles. The Balaban J connectivity index is 1.74. The van der Waals surface area contributed by atoms with Crippen LogP contribution >= 0.6 is 11.6 Å². The number of nitrogen functional groups attached to an aromatic ring is 1. The van der Waals surface area contributed by atoms with Crippen LogP contribution in [0.2, 0.25) is 5.02 Å². The molecule has 2 aromatic heterocycles. The van der Waals surface area contributed by atoms with Crippen LogP contribution < -0.4 is 11.3 Å². The van der Waals surface area contributed by atoms with E-state index in [-0.39, 0.29) is 30.4 Å². The van der Waals surface area contributed by atoms with E-state index < -0.39 is 6.10 Å². The SMILES string of the molecule is Cc1cnc(N)n(Cc2nc(C[C@H](O)c3ccc(Cl)cc3)no2)c1=O. The fourth-order valence-electron chi connectivity index (χ4n) is 2.31. The molecule has 0 aliphatic heterocycles. The number of aliphatic hydroxyl groups is 1. The number of nitrogens with two attached hydrogens (primary N) is 1. The fourth-order valence-corrected chi connectivity index (χ4v) is 2.43. The van der Waals surface area contributed by atoms with Crippen molar-refractivity contribution >= 4 is 17.5 Å². The van der Waals surface area contributed by atoms with Crippen molar-refractivity contribution < 1.29 is 9.63 Å². The number of rotatable bonds is 5. The van der Waals surface area contributed by atoms with Crippen LogP contribution in [0.3, 0.4) is 0 Å². The molecule has 0 amide bonds. The highest BCUT2D eigenvalue weighted by atomic mass is 35.5.